The fourth-order valence-corrected chi connectivity index (χ4v) is 4.11. The molecule has 146 valence electrons. The summed E-state index contributed by atoms with van der Waals surface area (Å²) < 4.78 is 37.3. The lowest BCUT2D eigenvalue weighted by atomic mass is 10.1. The van der Waals surface area contributed by atoms with Crippen LogP contribution >= 0.6 is 0 Å². The van der Waals surface area contributed by atoms with Gasteiger partial charge >= 0.3 is 11.9 Å². The zero-order valence-corrected chi connectivity index (χ0v) is 16.4. The lowest BCUT2D eigenvalue weighted by Gasteiger charge is -2.19. The molecular weight excluding hydrogens is 372 g/mol. The van der Waals surface area contributed by atoms with Gasteiger partial charge in [0.25, 0.3) is 0 Å². The second-order valence-corrected chi connectivity index (χ2v) is 7.68. The van der Waals surface area contributed by atoms with Crippen LogP contribution in [-0.4, -0.2) is 54.7 Å². The van der Waals surface area contributed by atoms with Gasteiger partial charge in [0.15, 0.2) is 0 Å². The molecule has 0 aliphatic heterocycles. The molecule has 0 spiro atoms. The Morgan fingerprint density at radius 2 is 1.67 bits per heavy atom. The Balaban J connectivity index is 2.50. The third-order valence-electron chi connectivity index (χ3n) is 4.01. The predicted octanol–water partition coefficient (Wildman–Crippen LogP) is 1.29. The van der Waals surface area contributed by atoms with E-state index >= 15 is 0 Å². The Bertz CT molecular complexity index is 955. The van der Waals surface area contributed by atoms with Gasteiger partial charge in [0.2, 0.25) is 10.0 Å². The van der Waals surface area contributed by atoms with E-state index in [-0.39, 0.29) is 4.90 Å². The maximum Gasteiger partial charge on any atom is 0.324 e. The smallest absolute Gasteiger partial charge is 0.324 e. The van der Waals surface area contributed by atoms with Crippen molar-refractivity contribution >= 4 is 38.4 Å². The van der Waals surface area contributed by atoms with E-state index in [0.29, 0.717) is 5.39 Å². The van der Waals surface area contributed by atoms with Gasteiger partial charge in [0.05, 0.1) is 25.5 Å². The topological polar surface area (TPSA) is 102 Å². The molecule has 0 saturated heterocycles. The standard InChI is InChI=1S/C18H22N2O6S/c1-20(2)15-9-5-8-13-12(15)7-6-10-16(13)27(23,24)19-14(18(22)26-4)11-17(21)25-3/h5-10,14,19H,11H2,1-4H3/t14-/m0/s1. The molecule has 0 unspecified atom stereocenters. The average Bonchev–Trinajstić information content (AvgIpc) is 2.65. The van der Waals surface area contributed by atoms with Crippen molar-refractivity contribution in [3.05, 3.63) is 36.4 Å². The van der Waals surface area contributed by atoms with Gasteiger partial charge in [0.1, 0.15) is 6.04 Å². The Labute approximate surface area is 158 Å². The molecule has 0 amide bonds. The zero-order valence-electron chi connectivity index (χ0n) is 15.6. The van der Waals surface area contributed by atoms with Gasteiger partial charge in [0, 0.05) is 30.6 Å². The van der Waals surface area contributed by atoms with E-state index in [2.05, 4.69) is 14.2 Å². The van der Waals surface area contributed by atoms with Crippen LogP contribution in [0, 0.1) is 0 Å². The SMILES string of the molecule is COC(=O)C[C@H](NS(=O)(=O)c1cccc2c(N(C)C)cccc12)C(=O)OC. The van der Waals surface area contributed by atoms with Crippen molar-refractivity contribution in [3.63, 3.8) is 0 Å². The van der Waals surface area contributed by atoms with Crippen LogP contribution in [0.5, 0.6) is 0 Å². The van der Waals surface area contributed by atoms with Crippen molar-refractivity contribution in [1.82, 2.24) is 4.72 Å². The normalized spacial score (nSPS) is 12.4. The van der Waals surface area contributed by atoms with Crippen LogP contribution in [0.3, 0.4) is 0 Å². The van der Waals surface area contributed by atoms with Crippen LogP contribution in [0.2, 0.25) is 0 Å². The molecule has 2 aromatic carbocycles. The Hall–Kier alpha value is -2.65. The van der Waals surface area contributed by atoms with Gasteiger partial charge in [-0.1, -0.05) is 24.3 Å². The van der Waals surface area contributed by atoms with Crippen molar-refractivity contribution in [2.75, 3.05) is 33.2 Å². The van der Waals surface area contributed by atoms with Gasteiger partial charge in [-0.2, -0.15) is 4.72 Å². The quantitative estimate of drug-likeness (QED) is 0.706. The van der Waals surface area contributed by atoms with Crippen molar-refractivity contribution in [1.29, 1.82) is 0 Å². The molecular formula is C18H22N2O6S. The Morgan fingerprint density at radius 3 is 2.26 bits per heavy atom. The summed E-state index contributed by atoms with van der Waals surface area (Å²) in [6.07, 6.45) is -0.476. The largest absolute Gasteiger partial charge is 0.469 e. The summed E-state index contributed by atoms with van der Waals surface area (Å²) >= 11 is 0. The highest BCUT2D eigenvalue weighted by atomic mass is 32.2. The highest BCUT2D eigenvalue weighted by Gasteiger charge is 2.30. The second kappa shape index (κ2) is 8.36. The second-order valence-electron chi connectivity index (χ2n) is 6.00. The molecule has 27 heavy (non-hydrogen) atoms. The number of carbonyl (C=O) groups excluding carboxylic acids is 2. The number of hydrogen-bond acceptors (Lipinski definition) is 7. The molecule has 0 aliphatic carbocycles. The van der Waals surface area contributed by atoms with E-state index in [4.69, 9.17) is 0 Å². The van der Waals surface area contributed by atoms with Crippen LogP contribution in [0.4, 0.5) is 5.69 Å². The fourth-order valence-electron chi connectivity index (χ4n) is 2.70. The molecule has 0 radical (unpaired) electrons. The number of ether oxygens (including phenoxy) is 2. The number of nitrogens with zero attached hydrogens (tertiary/aromatic N) is 1. The van der Waals surface area contributed by atoms with E-state index in [1.807, 2.05) is 31.1 Å². The van der Waals surface area contributed by atoms with Crippen molar-refractivity contribution in [2.45, 2.75) is 17.4 Å². The van der Waals surface area contributed by atoms with Gasteiger partial charge in [-0.15, -0.1) is 0 Å². The number of hydrogen-bond donors (Lipinski definition) is 1. The summed E-state index contributed by atoms with van der Waals surface area (Å²) in [6.45, 7) is 0. The van der Waals surface area contributed by atoms with E-state index in [1.165, 1.54) is 6.07 Å². The summed E-state index contributed by atoms with van der Waals surface area (Å²) in [5.74, 6) is -1.61. The first-order valence-electron chi connectivity index (χ1n) is 8.07. The lowest BCUT2D eigenvalue weighted by molar-refractivity contribution is -0.149. The third-order valence-corrected chi connectivity index (χ3v) is 5.54. The van der Waals surface area contributed by atoms with E-state index in [0.717, 1.165) is 25.3 Å². The van der Waals surface area contributed by atoms with Crippen LogP contribution in [-0.2, 0) is 29.1 Å². The number of methoxy groups -OCH3 is 2. The minimum absolute atomic E-state index is 0.00229. The van der Waals surface area contributed by atoms with Gasteiger partial charge in [-0.05, 0) is 12.1 Å². The molecule has 2 rings (SSSR count). The number of rotatable bonds is 7. The highest BCUT2D eigenvalue weighted by molar-refractivity contribution is 7.89. The van der Waals surface area contributed by atoms with Crippen LogP contribution in [0.25, 0.3) is 10.8 Å². The summed E-state index contributed by atoms with van der Waals surface area (Å²) in [6, 6.07) is 8.80. The van der Waals surface area contributed by atoms with Crippen molar-refractivity contribution in [3.8, 4) is 0 Å². The molecule has 1 atom stereocenters. The number of sulfonamides is 1. The summed E-state index contributed by atoms with van der Waals surface area (Å²) in [5.41, 5.74) is 0.851. The number of carbonyl (C=O) groups is 2. The molecule has 0 aliphatic rings. The number of fused-ring (bicyclic) bond motifs is 1. The molecule has 0 bridgehead atoms. The number of anilines is 1. The van der Waals surface area contributed by atoms with Crippen LogP contribution < -0.4 is 9.62 Å². The van der Waals surface area contributed by atoms with E-state index in [9.17, 15) is 18.0 Å². The summed E-state index contributed by atoms with van der Waals surface area (Å²) in [4.78, 5) is 25.3. The minimum atomic E-state index is -4.11. The maximum absolute atomic E-state index is 12.9. The van der Waals surface area contributed by atoms with Crippen LogP contribution in [0.1, 0.15) is 6.42 Å². The summed E-state index contributed by atoms with van der Waals surface area (Å²) in [5, 5.41) is 1.24. The van der Waals surface area contributed by atoms with E-state index in [1.54, 1.807) is 18.2 Å². The first kappa shape index (κ1) is 20.7. The summed E-state index contributed by atoms with van der Waals surface area (Å²) in [7, 11) is 1.87. The molecule has 2 aromatic rings. The van der Waals surface area contributed by atoms with Gasteiger partial charge < -0.3 is 14.4 Å². The number of benzene rings is 2. The van der Waals surface area contributed by atoms with Gasteiger partial charge in [-0.25, -0.2) is 8.42 Å². The van der Waals surface area contributed by atoms with Gasteiger partial charge in [-0.3, -0.25) is 9.59 Å². The molecule has 8 nitrogen and oxygen atoms in total. The fraction of sp³-hybridized carbons (Fsp3) is 0.333. The maximum atomic E-state index is 12.9. The molecule has 0 fully saturated rings. The predicted molar refractivity (Wildman–Crippen MR) is 101 cm³/mol. The number of nitrogens with one attached hydrogen (secondary N) is 1. The number of esters is 2. The molecule has 0 aromatic heterocycles. The third kappa shape index (κ3) is 4.55. The first-order valence-corrected chi connectivity index (χ1v) is 9.55. The molecule has 0 saturated carbocycles. The van der Waals surface area contributed by atoms with Crippen molar-refractivity contribution < 1.29 is 27.5 Å². The first-order chi connectivity index (χ1) is 12.7. The molecule has 0 heterocycles. The van der Waals surface area contributed by atoms with Crippen molar-refractivity contribution in [2.24, 2.45) is 0 Å². The monoisotopic (exact) mass is 394 g/mol. The van der Waals surface area contributed by atoms with E-state index < -0.39 is 34.4 Å². The Morgan fingerprint density at radius 1 is 1.04 bits per heavy atom. The Kier molecular flexibility index (Phi) is 6.40. The average molecular weight is 394 g/mol. The zero-order chi connectivity index (χ0) is 20.2. The van der Waals surface area contributed by atoms with Crippen LogP contribution in [0.15, 0.2) is 41.3 Å². The molecule has 9 heteroatoms. The molecule has 1 N–H and O–H groups in total. The minimum Gasteiger partial charge on any atom is -0.469 e. The lowest BCUT2D eigenvalue weighted by Crippen LogP contribution is -2.43. The highest BCUT2D eigenvalue weighted by Crippen LogP contribution is 2.30.